The number of hydrogen-bond acceptors (Lipinski definition) is 2. The Morgan fingerprint density at radius 3 is 2.72 bits per heavy atom. The predicted octanol–water partition coefficient (Wildman–Crippen LogP) is 4.01. The molecule has 2 nitrogen and oxygen atoms in total. The Morgan fingerprint density at radius 1 is 1.22 bits per heavy atom. The molecule has 1 aromatic carbocycles. The monoisotopic (exact) mass is 278 g/mol. The molecule has 0 radical (unpaired) electrons. The van der Waals surface area contributed by atoms with E-state index in [-0.39, 0.29) is 18.4 Å². The number of benzene rings is 1. The highest BCUT2D eigenvalue weighted by Crippen LogP contribution is 2.30. The molecule has 94 valence electrons. The summed E-state index contributed by atoms with van der Waals surface area (Å²) in [6, 6.07) is 10.4. The van der Waals surface area contributed by atoms with Gasteiger partial charge in [0.05, 0.1) is 6.04 Å². The number of nitrogens with two attached hydrogens (primary N) is 1. The first-order chi connectivity index (χ1) is 8.27. The molecule has 0 bridgehead atoms. The molecule has 3 N–H and O–H groups in total. The number of nitrogens with one attached hydrogen (secondary N) is 1. The van der Waals surface area contributed by atoms with Gasteiger partial charge in [-0.05, 0) is 35.4 Å². The van der Waals surface area contributed by atoms with Gasteiger partial charge in [0.25, 0.3) is 0 Å². The van der Waals surface area contributed by atoms with Crippen molar-refractivity contribution < 1.29 is 0 Å². The molecule has 0 aliphatic rings. The first kappa shape index (κ1) is 13.1. The fraction of sp³-hybridized carbons (Fsp3) is 0.143. The molecule has 0 amide bonds. The summed E-state index contributed by atoms with van der Waals surface area (Å²) < 4.78 is 0. The van der Waals surface area contributed by atoms with Crippen molar-refractivity contribution in [2.24, 2.45) is 5.73 Å². The Kier molecular flexibility index (Phi) is 3.76. The number of fused-ring (bicyclic) bond motifs is 1. The maximum atomic E-state index is 6.36. The van der Waals surface area contributed by atoms with Crippen LogP contribution in [0.2, 0.25) is 0 Å². The highest BCUT2D eigenvalue weighted by atomic mass is 35.5. The van der Waals surface area contributed by atoms with Crippen LogP contribution in [0.3, 0.4) is 0 Å². The van der Waals surface area contributed by atoms with Gasteiger partial charge in [0.1, 0.15) is 0 Å². The summed E-state index contributed by atoms with van der Waals surface area (Å²) in [6.45, 7) is 2.08. The van der Waals surface area contributed by atoms with Crippen LogP contribution in [0.1, 0.15) is 22.9 Å². The van der Waals surface area contributed by atoms with Crippen molar-refractivity contribution in [3.05, 3.63) is 57.9 Å². The quantitative estimate of drug-likeness (QED) is 0.731. The molecule has 0 aliphatic carbocycles. The van der Waals surface area contributed by atoms with Crippen LogP contribution in [-0.4, -0.2) is 4.98 Å². The molecule has 0 unspecified atom stereocenters. The fourth-order valence-electron chi connectivity index (χ4n) is 2.32. The van der Waals surface area contributed by atoms with E-state index in [1.807, 2.05) is 6.07 Å². The van der Waals surface area contributed by atoms with Gasteiger partial charge < -0.3 is 10.7 Å². The number of hydrogen-bond donors (Lipinski definition) is 2. The Bertz CT molecular complexity index is 643. The van der Waals surface area contributed by atoms with Crippen LogP contribution in [-0.2, 0) is 0 Å². The Hall–Kier alpha value is -1.29. The molecular weight excluding hydrogens is 264 g/mol. The second kappa shape index (κ2) is 5.14. The highest BCUT2D eigenvalue weighted by molar-refractivity contribution is 7.08. The molecule has 0 spiro atoms. The highest BCUT2D eigenvalue weighted by Gasteiger charge is 2.16. The van der Waals surface area contributed by atoms with E-state index in [4.69, 9.17) is 5.73 Å². The molecule has 3 aromatic rings. The lowest BCUT2D eigenvalue weighted by Gasteiger charge is -2.10. The number of aromatic amines is 1. The summed E-state index contributed by atoms with van der Waals surface area (Å²) in [6.07, 6.45) is 0. The van der Waals surface area contributed by atoms with E-state index in [0.29, 0.717) is 0 Å². The lowest BCUT2D eigenvalue weighted by atomic mass is 9.99. The van der Waals surface area contributed by atoms with E-state index < -0.39 is 0 Å². The third-order valence-corrected chi connectivity index (χ3v) is 3.86. The van der Waals surface area contributed by atoms with Crippen LogP contribution < -0.4 is 5.73 Å². The van der Waals surface area contributed by atoms with Gasteiger partial charge in [-0.2, -0.15) is 11.3 Å². The smallest absolute Gasteiger partial charge is 0.0583 e. The summed E-state index contributed by atoms with van der Waals surface area (Å²) >= 11 is 1.69. The third-order valence-electron chi connectivity index (χ3n) is 3.16. The van der Waals surface area contributed by atoms with Gasteiger partial charge in [-0.1, -0.05) is 18.2 Å². The fourth-order valence-corrected chi connectivity index (χ4v) is 3.01. The molecule has 4 heteroatoms. The van der Waals surface area contributed by atoms with E-state index in [0.717, 1.165) is 11.2 Å². The molecule has 18 heavy (non-hydrogen) atoms. The average Bonchev–Trinajstić information content (AvgIpc) is 2.94. The summed E-state index contributed by atoms with van der Waals surface area (Å²) in [7, 11) is 0. The van der Waals surface area contributed by atoms with Crippen molar-refractivity contribution in [2.45, 2.75) is 13.0 Å². The lowest BCUT2D eigenvalue weighted by molar-refractivity contribution is 0.873. The summed E-state index contributed by atoms with van der Waals surface area (Å²) in [5.41, 5.74) is 11.1. The van der Waals surface area contributed by atoms with Crippen LogP contribution in [0.4, 0.5) is 0 Å². The maximum Gasteiger partial charge on any atom is 0.0583 e. The first-order valence-electron chi connectivity index (χ1n) is 5.62. The van der Waals surface area contributed by atoms with E-state index in [1.165, 1.54) is 16.5 Å². The van der Waals surface area contributed by atoms with Crippen LogP contribution in [0.5, 0.6) is 0 Å². The normalized spacial score (nSPS) is 12.3. The van der Waals surface area contributed by atoms with Gasteiger partial charge in [-0.25, -0.2) is 0 Å². The maximum absolute atomic E-state index is 6.36. The summed E-state index contributed by atoms with van der Waals surface area (Å²) in [5, 5.41) is 5.41. The second-order valence-electron chi connectivity index (χ2n) is 4.24. The Labute approximate surface area is 116 Å². The van der Waals surface area contributed by atoms with Crippen molar-refractivity contribution in [1.29, 1.82) is 0 Å². The zero-order chi connectivity index (χ0) is 11.8. The second-order valence-corrected chi connectivity index (χ2v) is 5.02. The standard InChI is InChI=1S/C14H14N2S.ClH/c1-9-13(14(15)10-6-7-17-8-10)11-4-2-3-5-12(11)16-9;/h2-8,14,16H,15H2,1H3;1H/t14-;/m1./s1. The average molecular weight is 279 g/mol. The number of H-pyrrole nitrogens is 1. The molecule has 0 saturated heterocycles. The zero-order valence-corrected chi connectivity index (χ0v) is 11.6. The number of para-hydroxylation sites is 1. The SMILES string of the molecule is Cc1[nH]c2ccccc2c1[C@H](N)c1ccsc1.Cl. The largest absolute Gasteiger partial charge is 0.358 e. The number of thiophene rings is 1. The number of halogens is 1. The molecule has 2 aromatic heterocycles. The van der Waals surface area contributed by atoms with Crippen LogP contribution in [0, 0.1) is 6.92 Å². The van der Waals surface area contributed by atoms with Crippen molar-refractivity contribution in [3.63, 3.8) is 0 Å². The number of aryl methyl sites for hydroxylation is 1. The van der Waals surface area contributed by atoms with Crippen LogP contribution >= 0.6 is 23.7 Å². The lowest BCUT2D eigenvalue weighted by Crippen LogP contribution is -2.11. The van der Waals surface area contributed by atoms with E-state index in [2.05, 4.69) is 46.9 Å². The first-order valence-corrected chi connectivity index (χ1v) is 6.56. The topological polar surface area (TPSA) is 41.8 Å². The van der Waals surface area contributed by atoms with Crippen molar-refractivity contribution in [3.8, 4) is 0 Å². The van der Waals surface area contributed by atoms with Crippen molar-refractivity contribution in [1.82, 2.24) is 4.98 Å². The van der Waals surface area contributed by atoms with Gasteiger partial charge in [-0.3, -0.25) is 0 Å². The number of aromatic nitrogens is 1. The van der Waals surface area contributed by atoms with Gasteiger partial charge in [0, 0.05) is 22.2 Å². The molecule has 3 rings (SSSR count). The van der Waals surface area contributed by atoms with Gasteiger partial charge in [0.2, 0.25) is 0 Å². The predicted molar refractivity (Wildman–Crippen MR) is 80.6 cm³/mol. The van der Waals surface area contributed by atoms with E-state index in [1.54, 1.807) is 11.3 Å². The number of rotatable bonds is 2. The van der Waals surface area contributed by atoms with Crippen molar-refractivity contribution in [2.75, 3.05) is 0 Å². The van der Waals surface area contributed by atoms with Gasteiger partial charge in [-0.15, -0.1) is 12.4 Å². The van der Waals surface area contributed by atoms with Crippen molar-refractivity contribution >= 4 is 34.6 Å². The Morgan fingerprint density at radius 2 is 2.00 bits per heavy atom. The van der Waals surface area contributed by atoms with Gasteiger partial charge >= 0.3 is 0 Å². The molecule has 0 aliphatic heterocycles. The van der Waals surface area contributed by atoms with E-state index in [9.17, 15) is 0 Å². The molecular formula is C14H15ClN2S. The summed E-state index contributed by atoms with van der Waals surface area (Å²) in [4.78, 5) is 3.39. The molecule has 2 heterocycles. The molecule has 0 saturated carbocycles. The minimum atomic E-state index is -0.0441. The minimum Gasteiger partial charge on any atom is -0.358 e. The third kappa shape index (κ3) is 2.05. The zero-order valence-electron chi connectivity index (χ0n) is 10.0. The minimum absolute atomic E-state index is 0. The van der Waals surface area contributed by atoms with Crippen LogP contribution in [0.25, 0.3) is 10.9 Å². The van der Waals surface area contributed by atoms with Gasteiger partial charge in [0.15, 0.2) is 0 Å². The van der Waals surface area contributed by atoms with E-state index >= 15 is 0 Å². The Balaban J connectivity index is 0.00000120. The van der Waals surface area contributed by atoms with Crippen LogP contribution in [0.15, 0.2) is 41.1 Å². The molecule has 0 fully saturated rings. The molecule has 1 atom stereocenters. The summed E-state index contributed by atoms with van der Waals surface area (Å²) in [5.74, 6) is 0.